The number of aryl methyl sites for hydroxylation is 1. The maximum Gasteiger partial charge on any atom is 0.127 e. The van der Waals surface area contributed by atoms with Crippen LogP contribution >= 0.6 is 0 Å². The molecule has 2 aromatic rings. The maximum atomic E-state index is 6.09. The Balaban J connectivity index is 1.98. The van der Waals surface area contributed by atoms with Gasteiger partial charge in [-0.05, 0) is 50.6 Å². The van der Waals surface area contributed by atoms with Gasteiger partial charge in [-0.15, -0.1) is 0 Å². The summed E-state index contributed by atoms with van der Waals surface area (Å²) in [4.78, 5) is 4.70. The number of nitrogens with zero attached hydrogens (tertiary/aromatic N) is 1. The molecule has 4 rings (SSSR count). The minimum absolute atomic E-state index is 0.592. The molecule has 1 saturated heterocycles. The van der Waals surface area contributed by atoms with Gasteiger partial charge in [0.15, 0.2) is 0 Å². The zero-order valence-electron chi connectivity index (χ0n) is 12.9. The first kappa shape index (κ1) is 13.5. The number of nitrogens with one attached hydrogen (secondary N) is 1. The molecule has 1 aromatic heterocycles. The molecule has 0 amide bonds. The summed E-state index contributed by atoms with van der Waals surface area (Å²) < 4.78 is 6.09. The lowest BCUT2D eigenvalue weighted by molar-refractivity contribution is 0.306. The Kier molecular flexibility index (Phi) is 3.43. The lowest BCUT2D eigenvalue weighted by Crippen LogP contribution is -2.24. The van der Waals surface area contributed by atoms with Crippen LogP contribution in [0.4, 0.5) is 0 Å². The van der Waals surface area contributed by atoms with Crippen LogP contribution in [0.15, 0.2) is 42.1 Å². The van der Waals surface area contributed by atoms with E-state index in [-0.39, 0.29) is 0 Å². The molecule has 22 heavy (non-hydrogen) atoms. The van der Waals surface area contributed by atoms with Gasteiger partial charge in [-0.1, -0.05) is 23.8 Å². The molecule has 2 aliphatic rings. The van der Waals surface area contributed by atoms with Gasteiger partial charge in [0.2, 0.25) is 0 Å². The molecule has 0 atom stereocenters. The molecule has 0 bridgehead atoms. The van der Waals surface area contributed by atoms with Gasteiger partial charge in [0, 0.05) is 22.9 Å². The van der Waals surface area contributed by atoms with Gasteiger partial charge in [-0.2, -0.15) is 0 Å². The van der Waals surface area contributed by atoms with Crippen LogP contribution in [0.25, 0.3) is 5.57 Å². The number of hydrogen-bond acceptors (Lipinski definition) is 3. The Morgan fingerprint density at radius 2 is 2.00 bits per heavy atom. The first-order valence-electron chi connectivity index (χ1n) is 7.94. The fourth-order valence-corrected chi connectivity index (χ4v) is 3.36. The summed E-state index contributed by atoms with van der Waals surface area (Å²) in [6.45, 7) is 4.79. The number of benzene rings is 1. The van der Waals surface area contributed by atoms with Crippen LogP contribution in [0.1, 0.15) is 35.2 Å². The molecule has 2 aliphatic heterocycles. The van der Waals surface area contributed by atoms with Gasteiger partial charge in [-0.25, -0.2) is 0 Å². The van der Waals surface area contributed by atoms with Crippen molar-refractivity contribution in [2.45, 2.75) is 26.4 Å². The highest BCUT2D eigenvalue weighted by molar-refractivity contribution is 5.85. The van der Waals surface area contributed by atoms with Crippen LogP contribution in [-0.4, -0.2) is 18.1 Å². The summed E-state index contributed by atoms with van der Waals surface area (Å²) in [6, 6.07) is 10.6. The zero-order chi connectivity index (χ0) is 14.9. The first-order chi connectivity index (χ1) is 10.8. The van der Waals surface area contributed by atoms with E-state index in [0.29, 0.717) is 6.61 Å². The molecule has 0 aliphatic carbocycles. The van der Waals surface area contributed by atoms with Crippen LogP contribution in [-0.2, 0) is 6.61 Å². The first-order valence-corrected chi connectivity index (χ1v) is 7.94. The van der Waals surface area contributed by atoms with Crippen molar-refractivity contribution >= 4 is 5.57 Å². The van der Waals surface area contributed by atoms with Gasteiger partial charge >= 0.3 is 0 Å². The van der Waals surface area contributed by atoms with Crippen LogP contribution in [0.2, 0.25) is 0 Å². The second-order valence-corrected chi connectivity index (χ2v) is 6.03. The van der Waals surface area contributed by atoms with E-state index >= 15 is 0 Å². The number of fused-ring (bicyclic) bond motifs is 2. The average Bonchev–Trinajstić information content (AvgIpc) is 2.72. The highest BCUT2D eigenvalue weighted by Crippen LogP contribution is 2.39. The number of aromatic nitrogens is 1. The van der Waals surface area contributed by atoms with E-state index in [1.165, 1.54) is 27.8 Å². The van der Waals surface area contributed by atoms with E-state index in [9.17, 15) is 0 Å². The summed E-state index contributed by atoms with van der Waals surface area (Å²) in [7, 11) is 0. The van der Waals surface area contributed by atoms with E-state index < -0.39 is 0 Å². The van der Waals surface area contributed by atoms with Crippen molar-refractivity contribution in [3.8, 4) is 5.75 Å². The average molecular weight is 292 g/mol. The van der Waals surface area contributed by atoms with E-state index in [1.54, 1.807) is 0 Å². The molecular weight excluding hydrogens is 272 g/mol. The number of hydrogen-bond donors (Lipinski definition) is 1. The lowest BCUT2D eigenvalue weighted by Gasteiger charge is -2.21. The second kappa shape index (κ2) is 5.58. The Bertz CT molecular complexity index is 741. The van der Waals surface area contributed by atoms with E-state index in [1.807, 2.05) is 12.3 Å². The highest BCUT2D eigenvalue weighted by Gasteiger charge is 2.24. The summed E-state index contributed by atoms with van der Waals surface area (Å²) in [5, 5.41) is 3.44. The number of rotatable bonds is 0. The third-order valence-electron chi connectivity index (χ3n) is 4.48. The standard InChI is InChI=1S/C19H20N2O/c1-13-4-5-16-17(11-13)22-12-15-3-2-8-21-19(15)18(16)14-6-9-20-10-7-14/h2-5,8,11,20H,6-7,9-10,12H2,1H3. The largest absolute Gasteiger partial charge is 0.488 e. The maximum absolute atomic E-state index is 6.09. The Labute approximate surface area is 131 Å². The Hall–Kier alpha value is -2.13. The summed E-state index contributed by atoms with van der Waals surface area (Å²) in [5.74, 6) is 0.985. The monoisotopic (exact) mass is 292 g/mol. The molecule has 112 valence electrons. The van der Waals surface area contributed by atoms with Crippen LogP contribution < -0.4 is 10.1 Å². The van der Waals surface area contributed by atoms with Crippen molar-refractivity contribution in [2.75, 3.05) is 13.1 Å². The van der Waals surface area contributed by atoms with Gasteiger partial charge in [0.05, 0.1) is 5.69 Å². The van der Waals surface area contributed by atoms with Crippen LogP contribution in [0, 0.1) is 6.92 Å². The molecule has 0 radical (unpaired) electrons. The molecule has 3 heterocycles. The predicted molar refractivity (Wildman–Crippen MR) is 87.9 cm³/mol. The van der Waals surface area contributed by atoms with Crippen molar-refractivity contribution in [2.24, 2.45) is 0 Å². The molecule has 0 saturated carbocycles. The zero-order valence-corrected chi connectivity index (χ0v) is 12.9. The summed E-state index contributed by atoms with van der Waals surface area (Å²) in [5.41, 5.74) is 7.49. The summed E-state index contributed by atoms with van der Waals surface area (Å²) >= 11 is 0. The summed E-state index contributed by atoms with van der Waals surface area (Å²) in [6.07, 6.45) is 4.05. The van der Waals surface area contributed by atoms with Gasteiger partial charge in [-0.3, -0.25) is 4.98 Å². The molecule has 0 spiro atoms. The molecule has 3 heteroatoms. The minimum atomic E-state index is 0.592. The van der Waals surface area contributed by atoms with Gasteiger partial charge < -0.3 is 10.1 Å². The Morgan fingerprint density at radius 3 is 2.86 bits per heavy atom. The predicted octanol–water partition coefficient (Wildman–Crippen LogP) is 3.47. The topological polar surface area (TPSA) is 34.1 Å². The van der Waals surface area contributed by atoms with E-state index in [0.717, 1.165) is 37.4 Å². The van der Waals surface area contributed by atoms with Gasteiger partial charge in [0.25, 0.3) is 0 Å². The second-order valence-electron chi connectivity index (χ2n) is 6.03. The van der Waals surface area contributed by atoms with Crippen molar-refractivity contribution in [1.82, 2.24) is 10.3 Å². The third-order valence-corrected chi connectivity index (χ3v) is 4.48. The number of piperidine rings is 1. The number of pyridine rings is 1. The SMILES string of the molecule is Cc1ccc2c(c1)OCc1cccnc1C2=C1CCNCC1. The normalized spacial score (nSPS) is 17.3. The molecule has 1 aromatic carbocycles. The quantitative estimate of drug-likeness (QED) is 0.807. The van der Waals surface area contributed by atoms with Crippen LogP contribution in [0.3, 0.4) is 0 Å². The van der Waals surface area contributed by atoms with E-state index in [4.69, 9.17) is 9.72 Å². The van der Waals surface area contributed by atoms with Crippen molar-refractivity contribution < 1.29 is 4.74 Å². The molecular formula is C19H20N2O. The fourth-order valence-electron chi connectivity index (χ4n) is 3.36. The van der Waals surface area contributed by atoms with E-state index in [2.05, 4.69) is 36.5 Å². The molecule has 1 fully saturated rings. The molecule has 0 unspecified atom stereocenters. The number of ether oxygens (including phenoxy) is 1. The Morgan fingerprint density at radius 1 is 1.14 bits per heavy atom. The molecule has 1 N–H and O–H groups in total. The van der Waals surface area contributed by atoms with Crippen molar-refractivity contribution in [1.29, 1.82) is 0 Å². The fraction of sp³-hybridized carbons (Fsp3) is 0.316. The van der Waals surface area contributed by atoms with Crippen molar-refractivity contribution in [3.63, 3.8) is 0 Å². The highest BCUT2D eigenvalue weighted by atomic mass is 16.5. The lowest BCUT2D eigenvalue weighted by atomic mass is 9.89. The smallest absolute Gasteiger partial charge is 0.127 e. The van der Waals surface area contributed by atoms with Gasteiger partial charge in [0.1, 0.15) is 12.4 Å². The molecule has 3 nitrogen and oxygen atoms in total. The minimum Gasteiger partial charge on any atom is -0.488 e. The third kappa shape index (κ3) is 2.32. The van der Waals surface area contributed by atoms with Crippen LogP contribution in [0.5, 0.6) is 5.75 Å². The van der Waals surface area contributed by atoms with Crippen molar-refractivity contribution in [3.05, 3.63) is 64.5 Å².